The van der Waals surface area contributed by atoms with E-state index >= 15 is 0 Å². The van der Waals surface area contributed by atoms with Crippen LogP contribution in [0.15, 0.2) is 0 Å². The van der Waals surface area contributed by atoms with Crippen LogP contribution in [0.3, 0.4) is 0 Å². The van der Waals surface area contributed by atoms with Crippen LogP contribution in [0.25, 0.3) is 0 Å². The molecule has 6 unspecified atom stereocenters. The second-order valence-electron chi connectivity index (χ2n) is 3.73. The van der Waals surface area contributed by atoms with E-state index in [4.69, 9.17) is 0 Å². The van der Waals surface area contributed by atoms with Crippen LogP contribution in [0.5, 0.6) is 0 Å². The molecule has 0 aliphatic carbocycles. The second kappa shape index (κ2) is 27.2. The van der Waals surface area contributed by atoms with Crippen molar-refractivity contribution >= 4 is 48.2 Å². The van der Waals surface area contributed by atoms with Gasteiger partial charge in [-0.1, -0.05) is 0 Å². The topological polar surface area (TPSA) is 241 Å². The molecule has 0 fully saturated rings. The standard InChI is InChI=1S/3C2H8O4P2.2Fe/c3*3-7(4)1-2-8(5)6;;/h3*7-8H,1-2H2,(H,3,4)(H,5,6);;/q;;;2*+3/p-6. The summed E-state index contributed by atoms with van der Waals surface area (Å²) < 4.78 is 58.3. The van der Waals surface area contributed by atoms with Crippen molar-refractivity contribution in [3.8, 4) is 0 Å². The van der Waals surface area contributed by atoms with Gasteiger partial charge >= 0.3 is 34.1 Å². The van der Waals surface area contributed by atoms with Gasteiger partial charge in [0.2, 0.25) is 0 Å². The first-order valence-corrected chi connectivity index (χ1v) is 15.2. The van der Waals surface area contributed by atoms with Crippen LogP contribution in [-0.2, 0) is 61.5 Å². The summed E-state index contributed by atoms with van der Waals surface area (Å²) in [6.45, 7) is 0. The maximum atomic E-state index is 9.72. The third-order valence-electron chi connectivity index (χ3n) is 1.60. The van der Waals surface area contributed by atoms with Crippen LogP contribution in [0.4, 0.5) is 0 Å². The Bertz CT molecular complexity index is 367. The number of rotatable bonds is 9. The predicted octanol–water partition coefficient (Wildman–Crippen LogP) is -4.04. The predicted molar refractivity (Wildman–Crippen MR) is 83.2 cm³/mol. The van der Waals surface area contributed by atoms with Gasteiger partial charge in [-0.2, -0.15) is 0 Å². The summed E-state index contributed by atoms with van der Waals surface area (Å²) in [5.41, 5.74) is 0. The Balaban J connectivity index is -0.0000000817. The van der Waals surface area contributed by atoms with Crippen LogP contribution < -0.4 is 29.4 Å². The maximum absolute atomic E-state index is 9.72. The van der Waals surface area contributed by atoms with Crippen molar-refractivity contribution in [3.05, 3.63) is 0 Å². The first kappa shape index (κ1) is 38.7. The van der Waals surface area contributed by atoms with E-state index < -0.39 is 48.2 Å². The zero-order valence-electron chi connectivity index (χ0n) is 12.8. The molecule has 0 aromatic carbocycles. The van der Waals surface area contributed by atoms with Gasteiger partial charge in [0.25, 0.3) is 0 Å². The van der Waals surface area contributed by atoms with Crippen molar-refractivity contribution in [2.45, 2.75) is 0 Å². The minimum atomic E-state index is -2.80. The van der Waals surface area contributed by atoms with E-state index in [1.807, 2.05) is 0 Å². The third-order valence-corrected chi connectivity index (χ3v) is 7.05. The van der Waals surface area contributed by atoms with E-state index in [0.29, 0.717) is 0 Å². The van der Waals surface area contributed by atoms with Gasteiger partial charge in [0.15, 0.2) is 0 Å². The summed E-state index contributed by atoms with van der Waals surface area (Å²) >= 11 is 0. The molecular formula is C6H18Fe2O12P6. The summed E-state index contributed by atoms with van der Waals surface area (Å²) in [7, 11) is -16.8. The molecule has 0 saturated heterocycles. The molecule has 0 heterocycles. The molecule has 160 valence electrons. The van der Waals surface area contributed by atoms with Crippen molar-refractivity contribution in [2.24, 2.45) is 0 Å². The molecule has 0 saturated carbocycles. The quantitative estimate of drug-likeness (QED) is 0.187. The average molecular weight is 580 g/mol. The van der Waals surface area contributed by atoms with E-state index in [1.54, 1.807) is 0 Å². The molecule has 0 N–H and O–H groups in total. The Morgan fingerprint density at radius 2 is 0.423 bits per heavy atom. The molecule has 6 atom stereocenters. The third kappa shape index (κ3) is 56.2. The Labute approximate surface area is 175 Å². The minimum absolute atomic E-state index is 0. The van der Waals surface area contributed by atoms with E-state index in [9.17, 15) is 56.8 Å². The normalized spacial score (nSPS) is 16.4. The van der Waals surface area contributed by atoms with Gasteiger partial charge in [-0.05, 0) is 37.0 Å². The van der Waals surface area contributed by atoms with Crippen LogP contribution in [0.1, 0.15) is 0 Å². The van der Waals surface area contributed by atoms with Gasteiger partial charge in [-0.15, -0.1) is 0 Å². The Kier molecular flexibility index (Phi) is 40.5. The summed E-state index contributed by atoms with van der Waals surface area (Å²) in [5.74, 6) is 0. The van der Waals surface area contributed by atoms with Crippen LogP contribution in [0.2, 0.25) is 0 Å². The molecule has 0 aromatic rings. The molecular weight excluding hydrogens is 562 g/mol. The van der Waals surface area contributed by atoms with Gasteiger partial charge in [-0.3, -0.25) is 0 Å². The summed E-state index contributed by atoms with van der Waals surface area (Å²) in [6.07, 6.45) is -1.21. The van der Waals surface area contributed by atoms with Crippen molar-refractivity contribution in [1.82, 2.24) is 0 Å². The van der Waals surface area contributed by atoms with Crippen LogP contribution in [-0.4, -0.2) is 37.0 Å². The van der Waals surface area contributed by atoms with Crippen LogP contribution in [0, 0.1) is 0 Å². The SMILES string of the molecule is O=[PH]([O-])CC[PH](=O)[O-].O=[PH]([O-])CC[PH](=O)[O-].O=[PH]([O-])CC[PH](=O)[O-].[Fe+3].[Fe+3]. The van der Waals surface area contributed by atoms with E-state index in [0.717, 1.165) is 0 Å². The van der Waals surface area contributed by atoms with Crippen molar-refractivity contribution in [1.29, 1.82) is 0 Å². The fraction of sp³-hybridized carbons (Fsp3) is 1.00. The van der Waals surface area contributed by atoms with Gasteiger partial charge < -0.3 is 56.8 Å². The fourth-order valence-electron chi connectivity index (χ4n) is 0.612. The Hall–Kier alpha value is 2.18. The average Bonchev–Trinajstić information content (AvgIpc) is 2.42. The number of hydrogen-bond acceptors (Lipinski definition) is 12. The molecule has 0 aliphatic heterocycles. The zero-order valence-corrected chi connectivity index (χ0v) is 21.1. The van der Waals surface area contributed by atoms with Gasteiger partial charge in [0.1, 0.15) is 0 Å². The molecule has 0 rings (SSSR count). The molecule has 12 nitrogen and oxygen atoms in total. The fourth-order valence-corrected chi connectivity index (χ4v) is 5.51. The first-order valence-electron chi connectivity index (χ1n) is 6.07. The van der Waals surface area contributed by atoms with Gasteiger partial charge in [0, 0.05) is 48.2 Å². The van der Waals surface area contributed by atoms with Crippen molar-refractivity contribution in [2.75, 3.05) is 37.0 Å². The Morgan fingerprint density at radius 1 is 0.346 bits per heavy atom. The molecule has 0 bridgehead atoms. The van der Waals surface area contributed by atoms with E-state index in [-0.39, 0.29) is 71.1 Å². The molecule has 2 radical (unpaired) electrons. The van der Waals surface area contributed by atoms with E-state index in [2.05, 4.69) is 0 Å². The summed E-state index contributed by atoms with van der Waals surface area (Å²) in [4.78, 5) is 58.3. The van der Waals surface area contributed by atoms with Crippen molar-refractivity contribution < 1.29 is 90.9 Å². The first-order chi connectivity index (χ1) is 10.9. The van der Waals surface area contributed by atoms with Crippen molar-refractivity contribution in [3.63, 3.8) is 0 Å². The zero-order chi connectivity index (χ0) is 19.7. The summed E-state index contributed by atoms with van der Waals surface area (Å²) in [6, 6.07) is 0. The molecule has 26 heavy (non-hydrogen) atoms. The smallest absolute Gasteiger partial charge is 0.802 e. The van der Waals surface area contributed by atoms with Crippen LogP contribution >= 0.6 is 48.2 Å². The minimum Gasteiger partial charge on any atom is -0.802 e. The molecule has 0 amide bonds. The molecule has 20 heteroatoms. The molecule has 0 spiro atoms. The second-order valence-corrected chi connectivity index (χ2v) is 11.2. The number of hydrogen-bond donors (Lipinski definition) is 0. The monoisotopic (exact) mass is 580 g/mol. The summed E-state index contributed by atoms with van der Waals surface area (Å²) in [5, 5.41) is 0. The van der Waals surface area contributed by atoms with Gasteiger partial charge in [-0.25, -0.2) is 0 Å². The molecule has 0 aliphatic rings. The Morgan fingerprint density at radius 3 is 0.462 bits per heavy atom. The van der Waals surface area contributed by atoms with E-state index in [1.165, 1.54) is 0 Å². The van der Waals surface area contributed by atoms with Gasteiger partial charge in [0.05, 0.1) is 0 Å². The largest absolute Gasteiger partial charge is 3.00 e. The maximum Gasteiger partial charge on any atom is 3.00 e. The molecule has 0 aromatic heterocycles.